The second kappa shape index (κ2) is 8.01. The highest BCUT2D eigenvalue weighted by Crippen LogP contribution is 2.28. The second-order valence-electron chi connectivity index (χ2n) is 6.04. The van der Waals surface area contributed by atoms with Crippen LogP contribution in [0.2, 0.25) is 0 Å². The topological polar surface area (TPSA) is 93.2 Å². The van der Waals surface area contributed by atoms with Crippen LogP contribution in [-0.4, -0.2) is 33.0 Å². The molecule has 142 valence electrons. The normalized spacial score (nSPS) is 11.0. The number of rotatable bonds is 6. The zero-order valence-electron chi connectivity index (χ0n) is 14.8. The Morgan fingerprint density at radius 1 is 1.37 bits per heavy atom. The van der Waals surface area contributed by atoms with Gasteiger partial charge in [-0.2, -0.15) is 0 Å². The minimum Gasteiger partial charge on any atom is -0.403 e. The van der Waals surface area contributed by atoms with Crippen LogP contribution in [0.3, 0.4) is 0 Å². The highest BCUT2D eigenvalue weighted by Gasteiger charge is 2.19. The lowest BCUT2D eigenvalue weighted by molar-refractivity contribution is 0.309. The molecule has 0 spiro atoms. The molecule has 3 aromatic rings. The monoisotopic (exact) mass is 436 g/mol. The molecule has 7 nitrogen and oxygen atoms in total. The molecule has 0 aliphatic carbocycles. The van der Waals surface area contributed by atoms with E-state index in [0.29, 0.717) is 26.7 Å². The summed E-state index contributed by atoms with van der Waals surface area (Å²) in [7, 11) is 1.63. The minimum absolute atomic E-state index is 0.0786. The lowest BCUT2D eigenvalue weighted by atomic mass is 9.97. The van der Waals surface area contributed by atoms with Crippen molar-refractivity contribution in [1.82, 2.24) is 14.8 Å². The van der Waals surface area contributed by atoms with Crippen LogP contribution in [-0.2, 0) is 13.5 Å². The molecule has 0 radical (unpaired) electrons. The van der Waals surface area contributed by atoms with Gasteiger partial charge in [-0.15, -0.1) is 5.10 Å². The number of hydrogen-bond donors (Lipinski definition) is 2. The Hall–Kier alpha value is -2.52. The quantitative estimate of drug-likeness (QED) is 0.616. The molecular formula is C18H18BrFN4O3. The third-order valence-electron chi connectivity index (χ3n) is 4.17. The molecule has 0 bridgehead atoms. The molecular weight excluding hydrogens is 419 g/mol. The molecule has 0 saturated carbocycles. The van der Waals surface area contributed by atoms with E-state index in [2.05, 4.69) is 31.4 Å². The van der Waals surface area contributed by atoms with E-state index in [1.54, 1.807) is 32.3 Å². The van der Waals surface area contributed by atoms with Crippen LogP contribution in [0.25, 0.3) is 11.5 Å². The Balaban J connectivity index is 2.08. The molecule has 0 unspecified atom stereocenters. The lowest BCUT2D eigenvalue weighted by Gasteiger charge is -2.13. The maximum absolute atomic E-state index is 14.3. The zero-order valence-corrected chi connectivity index (χ0v) is 16.4. The fraction of sp³-hybridized carbons (Fsp3) is 0.278. The number of hydrogen-bond acceptors (Lipinski definition) is 6. The van der Waals surface area contributed by atoms with Crippen molar-refractivity contribution in [3.63, 3.8) is 0 Å². The third kappa shape index (κ3) is 4.09. The Labute approximate surface area is 163 Å². The van der Waals surface area contributed by atoms with Crippen molar-refractivity contribution in [2.45, 2.75) is 13.3 Å². The molecule has 1 aromatic carbocycles. The Bertz CT molecular complexity index is 1030. The maximum Gasteiger partial charge on any atom is 0.315 e. The summed E-state index contributed by atoms with van der Waals surface area (Å²) in [5.41, 5.74) is 1.94. The molecule has 27 heavy (non-hydrogen) atoms. The summed E-state index contributed by atoms with van der Waals surface area (Å²) in [5.74, 6) is -0.159. The van der Waals surface area contributed by atoms with E-state index >= 15 is 0 Å². The van der Waals surface area contributed by atoms with Crippen molar-refractivity contribution in [2.24, 2.45) is 7.05 Å². The first-order valence-corrected chi connectivity index (χ1v) is 9.01. The smallest absolute Gasteiger partial charge is 0.315 e. The Morgan fingerprint density at radius 3 is 2.85 bits per heavy atom. The number of aryl methyl sites for hydroxylation is 1. The van der Waals surface area contributed by atoms with E-state index in [-0.39, 0.29) is 42.9 Å². The third-order valence-corrected chi connectivity index (χ3v) is 4.66. The molecule has 9 heteroatoms. The SMILES string of the molecule is Cc1c(Cc2ccc(Br)cc2F)c(-c2nnc(NCCO)o2)cn(C)c1=O. The number of aliphatic hydroxyl groups is 1. The van der Waals surface area contributed by atoms with Crippen LogP contribution in [0.4, 0.5) is 10.4 Å². The number of nitrogens with one attached hydrogen (secondary N) is 1. The highest BCUT2D eigenvalue weighted by atomic mass is 79.9. The van der Waals surface area contributed by atoms with Gasteiger partial charge < -0.3 is 19.4 Å². The molecule has 0 fully saturated rings. The van der Waals surface area contributed by atoms with Gasteiger partial charge in [-0.3, -0.25) is 4.79 Å². The number of benzene rings is 1. The Kier molecular flexibility index (Phi) is 5.71. The van der Waals surface area contributed by atoms with E-state index in [4.69, 9.17) is 9.52 Å². The highest BCUT2D eigenvalue weighted by molar-refractivity contribution is 9.10. The summed E-state index contributed by atoms with van der Waals surface area (Å²) < 4.78 is 22.0. The van der Waals surface area contributed by atoms with Crippen molar-refractivity contribution in [3.05, 3.63) is 61.7 Å². The van der Waals surface area contributed by atoms with Crippen LogP contribution in [0, 0.1) is 12.7 Å². The van der Waals surface area contributed by atoms with Crippen LogP contribution in [0.15, 0.2) is 38.1 Å². The van der Waals surface area contributed by atoms with Gasteiger partial charge in [0, 0.05) is 36.2 Å². The van der Waals surface area contributed by atoms with E-state index in [0.717, 1.165) is 0 Å². The zero-order chi connectivity index (χ0) is 19.6. The van der Waals surface area contributed by atoms with Crippen molar-refractivity contribution < 1.29 is 13.9 Å². The van der Waals surface area contributed by atoms with Crippen LogP contribution in [0.5, 0.6) is 0 Å². The predicted octanol–water partition coefficient (Wildman–Crippen LogP) is 2.64. The fourth-order valence-electron chi connectivity index (χ4n) is 2.76. The van der Waals surface area contributed by atoms with Crippen LogP contribution < -0.4 is 10.9 Å². The van der Waals surface area contributed by atoms with E-state index < -0.39 is 0 Å². The number of aliphatic hydroxyl groups excluding tert-OH is 1. The molecule has 3 rings (SSSR count). The van der Waals surface area contributed by atoms with Crippen LogP contribution in [0.1, 0.15) is 16.7 Å². The fourth-order valence-corrected chi connectivity index (χ4v) is 3.09. The van der Waals surface area contributed by atoms with Crippen LogP contribution >= 0.6 is 15.9 Å². The van der Waals surface area contributed by atoms with Gasteiger partial charge in [-0.05, 0) is 30.2 Å². The first-order valence-electron chi connectivity index (χ1n) is 8.22. The molecule has 2 N–H and O–H groups in total. The first kappa shape index (κ1) is 19.2. The molecule has 2 aromatic heterocycles. The summed E-state index contributed by atoms with van der Waals surface area (Å²) in [4.78, 5) is 12.4. The average molecular weight is 437 g/mol. The predicted molar refractivity (Wildman–Crippen MR) is 102 cm³/mol. The van der Waals surface area contributed by atoms with Gasteiger partial charge in [-0.1, -0.05) is 27.1 Å². The number of nitrogens with zero attached hydrogens (tertiary/aromatic N) is 3. The molecule has 0 saturated heterocycles. The molecule has 2 heterocycles. The molecule has 0 amide bonds. The minimum atomic E-state index is -0.369. The van der Waals surface area contributed by atoms with E-state index in [1.807, 2.05) is 0 Å². The number of halogens is 2. The van der Waals surface area contributed by atoms with Gasteiger partial charge in [0.15, 0.2) is 0 Å². The molecule has 0 aliphatic heterocycles. The summed E-state index contributed by atoms with van der Waals surface area (Å²) in [6.07, 6.45) is 1.81. The van der Waals surface area contributed by atoms with Crippen molar-refractivity contribution in [2.75, 3.05) is 18.5 Å². The Morgan fingerprint density at radius 2 is 2.15 bits per heavy atom. The summed E-state index contributed by atoms with van der Waals surface area (Å²) >= 11 is 3.24. The summed E-state index contributed by atoms with van der Waals surface area (Å²) in [6, 6.07) is 4.96. The van der Waals surface area contributed by atoms with Gasteiger partial charge in [0.1, 0.15) is 5.82 Å². The lowest BCUT2D eigenvalue weighted by Crippen LogP contribution is -2.21. The largest absolute Gasteiger partial charge is 0.403 e. The summed E-state index contributed by atoms with van der Waals surface area (Å²) in [5, 5.41) is 19.6. The first-order chi connectivity index (χ1) is 12.9. The van der Waals surface area contributed by atoms with Gasteiger partial charge in [-0.25, -0.2) is 4.39 Å². The van der Waals surface area contributed by atoms with E-state index in [9.17, 15) is 9.18 Å². The number of aromatic nitrogens is 3. The van der Waals surface area contributed by atoms with Gasteiger partial charge in [0.05, 0.1) is 12.2 Å². The molecule has 0 atom stereocenters. The molecule has 0 aliphatic rings. The van der Waals surface area contributed by atoms with Gasteiger partial charge >= 0.3 is 6.01 Å². The standard InChI is InChI=1S/C18H18BrFN4O3/c1-10-13(7-11-3-4-12(19)8-15(11)20)14(9-24(2)17(10)26)16-22-23-18(27-16)21-5-6-25/h3-4,8-9,25H,5-7H2,1-2H3,(H,21,23). The second-order valence-corrected chi connectivity index (χ2v) is 6.95. The number of pyridine rings is 1. The number of anilines is 1. The van der Waals surface area contributed by atoms with Gasteiger partial charge in [0.25, 0.3) is 11.4 Å². The average Bonchev–Trinajstić information content (AvgIpc) is 3.10. The van der Waals surface area contributed by atoms with Crippen molar-refractivity contribution in [1.29, 1.82) is 0 Å². The van der Waals surface area contributed by atoms with Gasteiger partial charge in [0.2, 0.25) is 0 Å². The maximum atomic E-state index is 14.3. The van der Waals surface area contributed by atoms with Crippen molar-refractivity contribution in [3.8, 4) is 11.5 Å². The van der Waals surface area contributed by atoms with E-state index in [1.165, 1.54) is 10.6 Å². The summed E-state index contributed by atoms with van der Waals surface area (Å²) in [6.45, 7) is 1.88. The van der Waals surface area contributed by atoms with Crippen molar-refractivity contribution >= 4 is 21.9 Å².